The number of rotatable bonds is 5. The van der Waals surface area contributed by atoms with E-state index >= 15 is 0 Å². The zero-order chi connectivity index (χ0) is 19.7. The standard InChI is InChI=1S/C24H28N2O2/c1-16-23-8-7-22(28-2)13-20(23)9-10-26(16)14-17-3-4-19-12-21(24(25)15-27)6-5-18(19)11-17/h3-8,11-13,16,24,27H,9-10,14-15,25H2,1-2H3. The Morgan fingerprint density at radius 1 is 1.11 bits per heavy atom. The number of aliphatic hydroxyl groups excluding tert-OH is 1. The molecule has 2 unspecified atom stereocenters. The molecule has 4 nitrogen and oxygen atoms in total. The molecule has 0 saturated heterocycles. The zero-order valence-corrected chi connectivity index (χ0v) is 16.6. The summed E-state index contributed by atoms with van der Waals surface area (Å²) in [7, 11) is 1.72. The highest BCUT2D eigenvalue weighted by Crippen LogP contribution is 2.33. The number of aliphatic hydroxyl groups is 1. The lowest BCUT2D eigenvalue weighted by Gasteiger charge is -2.35. The third kappa shape index (κ3) is 3.63. The summed E-state index contributed by atoms with van der Waals surface area (Å²) in [6.45, 7) is 4.22. The Balaban J connectivity index is 1.54. The van der Waals surface area contributed by atoms with E-state index in [9.17, 15) is 5.11 Å². The molecular weight excluding hydrogens is 348 g/mol. The normalized spacial score (nSPS) is 18.1. The van der Waals surface area contributed by atoms with E-state index in [0.29, 0.717) is 6.04 Å². The fraction of sp³-hybridized carbons (Fsp3) is 0.333. The van der Waals surface area contributed by atoms with Crippen molar-refractivity contribution in [2.45, 2.75) is 32.0 Å². The van der Waals surface area contributed by atoms with Gasteiger partial charge in [-0.25, -0.2) is 0 Å². The van der Waals surface area contributed by atoms with Crippen LogP contribution < -0.4 is 10.5 Å². The lowest BCUT2D eigenvalue weighted by atomic mass is 9.92. The summed E-state index contributed by atoms with van der Waals surface area (Å²) in [6, 6.07) is 19.3. The first-order valence-corrected chi connectivity index (χ1v) is 9.89. The van der Waals surface area contributed by atoms with Crippen molar-refractivity contribution in [1.82, 2.24) is 4.90 Å². The summed E-state index contributed by atoms with van der Waals surface area (Å²) < 4.78 is 5.37. The summed E-state index contributed by atoms with van der Waals surface area (Å²) in [4.78, 5) is 2.53. The summed E-state index contributed by atoms with van der Waals surface area (Å²) in [6.07, 6.45) is 1.05. The van der Waals surface area contributed by atoms with Crippen LogP contribution in [-0.4, -0.2) is 30.3 Å². The number of ether oxygens (including phenoxy) is 1. The largest absolute Gasteiger partial charge is 0.497 e. The van der Waals surface area contributed by atoms with Gasteiger partial charge >= 0.3 is 0 Å². The quantitative estimate of drug-likeness (QED) is 0.708. The van der Waals surface area contributed by atoms with Crippen LogP contribution >= 0.6 is 0 Å². The monoisotopic (exact) mass is 376 g/mol. The van der Waals surface area contributed by atoms with E-state index in [1.54, 1.807) is 7.11 Å². The van der Waals surface area contributed by atoms with Gasteiger partial charge in [0, 0.05) is 19.1 Å². The van der Waals surface area contributed by atoms with Crippen molar-refractivity contribution >= 4 is 10.8 Å². The van der Waals surface area contributed by atoms with Crippen molar-refractivity contribution in [1.29, 1.82) is 0 Å². The number of nitrogens with two attached hydrogens (primary N) is 1. The predicted molar refractivity (Wildman–Crippen MR) is 113 cm³/mol. The lowest BCUT2D eigenvalue weighted by Crippen LogP contribution is -2.33. The number of nitrogens with zero attached hydrogens (tertiary/aromatic N) is 1. The molecule has 1 aliphatic rings. The second-order valence-electron chi connectivity index (χ2n) is 7.69. The fourth-order valence-electron chi connectivity index (χ4n) is 4.19. The van der Waals surface area contributed by atoms with E-state index in [-0.39, 0.29) is 12.6 Å². The van der Waals surface area contributed by atoms with Crippen molar-refractivity contribution in [3.05, 3.63) is 76.9 Å². The first-order valence-electron chi connectivity index (χ1n) is 9.89. The Morgan fingerprint density at radius 3 is 2.68 bits per heavy atom. The molecule has 0 aromatic heterocycles. The van der Waals surface area contributed by atoms with Gasteiger partial charge < -0.3 is 15.6 Å². The molecule has 146 valence electrons. The molecule has 0 spiro atoms. The summed E-state index contributed by atoms with van der Waals surface area (Å²) in [5.74, 6) is 0.939. The summed E-state index contributed by atoms with van der Waals surface area (Å²) in [5.41, 5.74) is 11.0. The maximum absolute atomic E-state index is 9.27. The van der Waals surface area contributed by atoms with Gasteiger partial charge in [0.25, 0.3) is 0 Å². The van der Waals surface area contributed by atoms with Gasteiger partial charge in [0.05, 0.1) is 19.8 Å². The van der Waals surface area contributed by atoms with Crippen LogP contribution in [0.2, 0.25) is 0 Å². The molecule has 4 heteroatoms. The Morgan fingerprint density at radius 2 is 1.89 bits per heavy atom. The Kier molecular flexibility index (Phi) is 5.36. The Bertz CT molecular complexity index is 986. The van der Waals surface area contributed by atoms with Crippen molar-refractivity contribution in [3.8, 4) is 5.75 Å². The molecule has 28 heavy (non-hydrogen) atoms. The average molecular weight is 377 g/mol. The van der Waals surface area contributed by atoms with Crippen molar-refractivity contribution in [2.24, 2.45) is 5.73 Å². The van der Waals surface area contributed by atoms with Crippen LogP contribution in [0.5, 0.6) is 5.75 Å². The smallest absolute Gasteiger partial charge is 0.119 e. The van der Waals surface area contributed by atoms with Crippen LogP contribution in [0.1, 0.15) is 41.3 Å². The van der Waals surface area contributed by atoms with Gasteiger partial charge in [0.1, 0.15) is 5.75 Å². The third-order valence-corrected chi connectivity index (χ3v) is 5.96. The minimum absolute atomic E-state index is 0.0379. The zero-order valence-electron chi connectivity index (χ0n) is 16.6. The third-order valence-electron chi connectivity index (χ3n) is 5.96. The van der Waals surface area contributed by atoms with E-state index in [4.69, 9.17) is 10.5 Å². The van der Waals surface area contributed by atoms with Crippen LogP contribution in [0.15, 0.2) is 54.6 Å². The molecule has 0 aliphatic carbocycles. The van der Waals surface area contributed by atoms with Crippen molar-refractivity contribution < 1.29 is 9.84 Å². The second-order valence-corrected chi connectivity index (χ2v) is 7.69. The van der Waals surface area contributed by atoms with Gasteiger partial charge in [0.15, 0.2) is 0 Å². The van der Waals surface area contributed by atoms with Crippen LogP contribution in [0, 0.1) is 0 Å². The Hall–Kier alpha value is -2.40. The average Bonchev–Trinajstić information content (AvgIpc) is 2.74. The number of hydrogen-bond donors (Lipinski definition) is 2. The minimum Gasteiger partial charge on any atom is -0.497 e. The highest BCUT2D eigenvalue weighted by atomic mass is 16.5. The molecule has 2 atom stereocenters. The summed E-state index contributed by atoms with van der Waals surface area (Å²) in [5, 5.41) is 11.6. The van der Waals surface area contributed by atoms with Gasteiger partial charge in [0.2, 0.25) is 0 Å². The number of fused-ring (bicyclic) bond motifs is 2. The first kappa shape index (κ1) is 18.9. The number of methoxy groups -OCH3 is 1. The number of benzene rings is 3. The topological polar surface area (TPSA) is 58.7 Å². The maximum Gasteiger partial charge on any atom is 0.119 e. The van der Waals surface area contributed by atoms with E-state index in [0.717, 1.165) is 36.2 Å². The molecule has 0 fully saturated rings. The summed E-state index contributed by atoms with van der Waals surface area (Å²) >= 11 is 0. The van der Waals surface area contributed by atoms with Crippen LogP contribution in [-0.2, 0) is 13.0 Å². The van der Waals surface area contributed by atoms with E-state index in [2.05, 4.69) is 60.4 Å². The highest BCUT2D eigenvalue weighted by molar-refractivity contribution is 5.84. The van der Waals surface area contributed by atoms with E-state index in [1.165, 1.54) is 22.1 Å². The van der Waals surface area contributed by atoms with Crippen LogP contribution in [0.25, 0.3) is 10.8 Å². The lowest BCUT2D eigenvalue weighted by molar-refractivity contribution is 0.189. The van der Waals surface area contributed by atoms with Crippen LogP contribution in [0.4, 0.5) is 0 Å². The fourth-order valence-corrected chi connectivity index (χ4v) is 4.19. The predicted octanol–water partition coefficient (Wildman–Crippen LogP) is 3.96. The van der Waals surface area contributed by atoms with Gasteiger partial charge in [-0.3, -0.25) is 4.90 Å². The minimum atomic E-state index is -0.322. The molecule has 0 amide bonds. The molecular formula is C24H28N2O2. The van der Waals surface area contributed by atoms with Crippen molar-refractivity contribution in [3.63, 3.8) is 0 Å². The molecule has 3 aromatic rings. The molecule has 1 aliphatic heterocycles. The molecule has 0 radical (unpaired) electrons. The van der Waals surface area contributed by atoms with E-state index < -0.39 is 0 Å². The number of hydrogen-bond acceptors (Lipinski definition) is 4. The van der Waals surface area contributed by atoms with Gasteiger partial charge in [-0.2, -0.15) is 0 Å². The first-order chi connectivity index (χ1) is 13.6. The van der Waals surface area contributed by atoms with Gasteiger partial charge in [-0.15, -0.1) is 0 Å². The molecule has 0 bridgehead atoms. The molecule has 0 saturated carbocycles. The van der Waals surface area contributed by atoms with Crippen molar-refractivity contribution in [2.75, 3.05) is 20.3 Å². The molecule has 1 heterocycles. The van der Waals surface area contributed by atoms with E-state index in [1.807, 2.05) is 6.07 Å². The molecule has 3 N–H and O–H groups in total. The second kappa shape index (κ2) is 7.92. The maximum atomic E-state index is 9.27. The van der Waals surface area contributed by atoms with Crippen LogP contribution in [0.3, 0.4) is 0 Å². The molecule has 3 aromatic carbocycles. The Labute approximate surface area is 166 Å². The van der Waals surface area contributed by atoms with Gasteiger partial charge in [-0.1, -0.05) is 30.3 Å². The SMILES string of the molecule is COc1ccc2c(c1)CCN(Cc1ccc3cc(C(N)CO)ccc3c1)C2C. The highest BCUT2D eigenvalue weighted by Gasteiger charge is 2.24. The molecule has 4 rings (SSSR count). The van der Waals surface area contributed by atoms with Gasteiger partial charge in [-0.05, 0) is 70.6 Å².